The van der Waals surface area contributed by atoms with Crippen LogP contribution < -0.4 is 20.1 Å². The Morgan fingerprint density at radius 2 is 2.07 bits per heavy atom. The highest BCUT2D eigenvalue weighted by Gasteiger charge is 2.21. The number of rotatable bonds is 8. The van der Waals surface area contributed by atoms with E-state index in [0.29, 0.717) is 6.04 Å². The van der Waals surface area contributed by atoms with Crippen LogP contribution in [0.2, 0.25) is 0 Å². The van der Waals surface area contributed by atoms with E-state index < -0.39 is 0 Å². The van der Waals surface area contributed by atoms with Crippen LogP contribution in [0.3, 0.4) is 0 Å². The summed E-state index contributed by atoms with van der Waals surface area (Å²) >= 11 is 0. The van der Waals surface area contributed by atoms with Crippen molar-refractivity contribution in [2.24, 2.45) is 4.99 Å². The van der Waals surface area contributed by atoms with Crippen LogP contribution in [0.5, 0.6) is 11.5 Å². The van der Waals surface area contributed by atoms with Crippen molar-refractivity contribution < 1.29 is 9.47 Å². The summed E-state index contributed by atoms with van der Waals surface area (Å²) in [7, 11) is 3.37. The Labute approximate surface area is 164 Å². The first kappa shape index (κ1) is 21.4. The van der Waals surface area contributed by atoms with Crippen LogP contribution in [0.15, 0.2) is 23.2 Å². The Bertz CT molecular complexity index is 606. The molecule has 1 saturated heterocycles. The first-order valence-corrected chi connectivity index (χ1v) is 10.1. The van der Waals surface area contributed by atoms with Crippen LogP contribution in [0.25, 0.3) is 0 Å². The first-order valence-electron chi connectivity index (χ1n) is 10.1. The molecule has 0 radical (unpaired) electrons. The van der Waals surface area contributed by atoms with E-state index in [9.17, 15) is 0 Å². The molecule has 6 heteroatoms. The lowest BCUT2D eigenvalue weighted by Gasteiger charge is -2.34. The van der Waals surface area contributed by atoms with Gasteiger partial charge in [0.1, 0.15) is 11.5 Å². The van der Waals surface area contributed by atoms with Crippen molar-refractivity contribution in [3.05, 3.63) is 23.8 Å². The molecular formula is C21H36N4O2. The number of guanidine groups is 1. The second-order valence-corrected chi connectivity index (χ2v) is 6.97. The number of aliphatic imine (C=N–C) groups is 1. The van der Waals surface area contributed by atoms with Crippen molar-refractivity contribution >= 4 is 5.96 Å². The van der Waals surface area contributed by atoms with Crippen molar-refractivity contribution in [1.29, 1.82) is 0 Å². The van der Waals surface area contributed by atoms with Gasteiger partial charge in [-0.1, -0.05) is 13.3 Å². The van der Waals surface area contributed by atoms with Crippen molar-refractivity contribution in [1.82, 2.24) is 15.5 Å². The first-order chi connectivity index (χ1) is 13.1. The third kappa shape index (κ3) is 6.03. The lowest BCUT2D eigenvalue weighted by Crippen LogP contribution is -2.43. The molecule has 1 aromatic rings. The lowest BCUT2D eigenvalue weighted by atomic mass is 10.0. The average Bonchev–Trinajstić information content (AvgIpc) is 2.71. The summed E-state index contributed by atoms with van der Waals surface area (Å²) in [5.41, 5.74) is 1.05. The smallest absolute Gasteiger partial charge is 0.191 e. The van der Waals surface area contributed by atoms with Gasteiger partial charge in [-0.2, -0.15) is 0 Å². The zero-order valence-corrected chi connectivity index (χ0v) is 17.5. The highest BCUT2D eigenvalue weighted by Crippen LogP contribution is 2.29. The van der Waals surface area contributed by atoms with Gasteiger partial charge in [0, 0.05) is 18.2 Å². The quantitative estimate of drug-likeness (QED) is 0.539. The van der Waals surface area contributed by atoms with E-state index in [-0.39, 0.29) is 6.04 Å². The molecule has 0 amide bonds. The van der Waals surface area contributed by atoms with Gasteiger partial charge in [-0.25, -0.2) is 0 Å². The molecule has 0 spiro atoms. The molecule has 2 atom stereocenters. The number of likely N-dealkylation sites (N-methyl/N-ethyl adjacent to an activating group) is 1. The molecule has 0 saturated carbocycles. The number of ether oxygens (including phenoxy) is 2. The Kier molecular flexibility index (Phi) is 8.72. The van der Waals surface area contributed by atoms with Crippen molar-refractivity contribution in [2.45, 2.75) is 52.1 Å². The maximum atomic E-state index is 5.53. The SMILES string of the molecule is CCNC(=NCC1CCCCN1CC)NC(C)c1cc(OC)ccc1OC. The molecule has 1 aliphatic rings. The molecule has 6 nitrogen and oxygen atoms in total. The highest BCUT2D eigenvalue weighted by atomic mass is 16.5. The summed E-state index contributed by atoms with van der Waals surface area (Å²) in [6, 6.07) is 6.45. The standard InChI is InChI=1S/C21H36N4O2/c1-6-22-21(23-15-17-10-8-9-13-25(17)7-2)24-16(3)19-14-18(26-4)11-12-20(19)27-5/h11-12,14,16-17H,6-10,13,15H2,1-5H3,(H2,22,23,24). The van der Waals surface area contributed by atoms with Crippen LogP contribution in [-0.2, 0) is 0 Å². The molecule has 1 aliphatic heterocycles. The lowest BCUT2D eigenvalue weighted by molar-refractivity contribution is 0.161. The molecule has 2 unspecified atom stereocenters. The normalized spacial score (nSPS) is 19.4. The second kappa shape index (κ2) is 11.0. The Balaban J connectivity index is 2.10. The van der Waals surface area contributed by atoms with Gasteiger partial charge in [-0.05, 0) is 58.0 Å². The van der Waals surface area contributed by atoms with Crippen LogP contribution in [-0.4, -0.2) is 57.3 Å². The van der Waals surface area contributed by atoms with E-state index in [4.69, 9.17) is 14.5 Å². The van der Waals surface area contributed by atoms with Crippen molar-refractivity contribution in [3.8, 4) is 11.5 Å². The number of nitrogens with one attached hydrogen (secondary N) is 2. The van der Waals surface area contributed by atoms with Gasteiger partial charge in [0.15, 0.2) is 5.96 Å². The number of piperidine rings is 1. The molecule has 0 aliphatic carbocycles. The predicted octanol–water partition coefficient (Wildman–Crippen LogP) is 3.19. The molecule has 1 fully saturated rings. The summed E-state index contributed by atoms with van der Waals surface area (Å²) in [5.74, 6) is 2.51. The predicted molar refractivity (Wildman–Crippen MR) is 112 cm³/mol. The van der Waals surface area contributed by atoms with E-state index in [1.807, 2.05) is 18.2 Å². The third-order valence-corrected chi connectivity index (χ3v) is 5.22. The minimum absolute atomic E-state index is 0.0430. The summed E-state index contributed by atoms with van der Waals surface area (Å²) < 4.78 is 10.9. The van der Waals surface area contributed by atoms with Gasteiger partial charge in [0.25, 0.3) is 0 Å². The summed E-state index contributed by atoms with van der Waals surface area (Å²) in [5, 5.41) is 6.89. The largest absolute Gasteiger partial charge is 0.497 e. The highest BCUT2D eigenvalue weighted by molar-refractivity contribution is 5.80. The minimum atomic E-state index is 0.0430. The van der Waals surface area contributed by atoms with Gasteiger partial charge >= 0.3 is 0 Å². The monoisotopic (exact) mass is 376 g/mol. The Hall–Kier alpha value is -1.95. The van der Waals surface area contributed by atoms with Crippen molar-refractivity contribution in [3.63, 3.8) is 0 Å². The molecule has 1 aromatic carbocycles. The van der Waals surface area contributed by atoms with Crippen LogP contribution in [0, 0.1) is 0 Å². The maximum Gasteiger partial charge on any atom is 0.191 e. The fraction of sp³-hybridized carbons (Fsp3) is 0.667. The molecule has 27 heavy (non-hydrogen) atoms. The van der Waals surface area contributed by atoms with Gasteiger partial charge in [-0.15, -0.1) is 0 Å². The molecule has 1 heterocycles. The molecule has 152 valence electrons. The Morgan fingerprint density at radius 1 is 1.26 bits per heavy atom. The van der Waals surface area contributed by atoms with E-state index >= 15 is 0 Å². The van der Waals surface area contributed by atoms with Gasteiger partial charge < -0.3 is 20.1 Å². The number of nitrogens with zero attached hydrogens (tertiary/aromatic N) is 2. The number of hydrogen-bond donors (Lipinski definition) is 2. The number of methoxy groups -OCH3 is 2. The summed E-state index contributed by atoms with van der Waals surface area (Å²) in [6.45, 7) is 10.4. The number of benzene rings is 1. The van der Waals surface area contributed by atoms with E-state index in [1.165, 1.54) is 25.8 Å². The Morgan fingerprint density at radius 3 is 2.74 bits per heavy atom. The van der Waals surface area contributed by atoms with Crippen LogP contribution in [0.4, 0.5) is 0 Å². The molecular weight excluding hydrogens is 340 g/mol. The number of hydrogen-bond acceptors (Lipinski definition) is 4. The zero-order valence-electron chi connectivity index (χ0n) is 17.5. The van der Waals surface area contributed by atoms with Gasteiger partial charge in [0.2, 0.25) is 0 Å². The second-order valence-electron chi connectivity index (χ2n) is 6.97. The molecule has 0 bridgehead atoms. The average molecular weight is 377 g/mol. The van der Waals surface area contributed by atoms with E-state index in [1.54, 1.807) is 14.2 Å². The fourth-order valence-electron chi connectivity index (χ4n) is 3.66. The summed E-state index contributed by atoms with van der Waals surface area (Å²) in [6.07, 6.45) is 3.84. The molecule has 0 aromatic heterocycles. The minimum Gasteiger partial charge on any atom is -0.497 e. The molecule has 2 N–H and O–H groups in total. The van der Waals surface area contributed by atoms with Crippen LogP contribution in [0.1, 0.15) is 51.6 Å². The van der Waals surface area contributed by atoms with E-state index in [2.05, 4.69) is 36.3 Å². The fourth-order valence-corrected chi connectivity index (χ4v) is 3.66. The number of likely N-dealkylation sites (tertiary alicyclic amines) is 1. The topological polar surface area (TPSA) is 58.1 Å². The third-order valence-electron chi connectivity index (χ3n) is 5.22. The molecule has 2 rings (SSSR count). The maximum absolute atomic E-state index is 5.53. The van der Waals surface area contributed by atoms with Gasteiger partial charge in [-0.3, -0.25) is 9.89 Å². The van der Waals surface area contributed by atoms with Crippen molar-refractivity contribution in [2.75, 3.05) is 40.4 Å². The van der Waals surface area contributed by atoms with E-state index in [0.717, 1.165) is 42.7 Å². The van der Waals surface area contributed by atoms with Crippen LogP contribution >= 0.6 is 0 Å². The summed E-state index contributed by atoms with van der Waals surface area (Å²) in [4.78, 5) is 7.43. The van der Waals surface area contributed by atoms with Gasteiger partial charge in [0.05, 0.1) is 26.8 Å². The zero-order chi connectivity index (χ0) is 19.6.